The summed E-state index contributed by atoms with van der Waals surface area (Å²) in [6.07, 6.45) is 1.11. The Balaban J connectivity index is 1.79. The molecule has 0 fully saturated rings. The Morgan fingerprint density at radius 1 is 0.906 bits per heavy atom. The van der Waals surface area contributed by atoms with Crippen LogP contribution in [0.25, 0.3) is 0 Å². The highest BCUT2D eigenvalue weighted by Crippen LogP contribution is 2.33. The van der Waals surface area contributed by atoms with Crippen LogP contribution in [0.3, 0.4) is 0 Å². The van der Waals surface area contributed by atoms with Gasteiger partial charge in [-0.15, -0.1) is 0 Å². The summed E-state index contributed by atoms with van der Waals surface area (Å²) in [5.41, 5.74) is 2.14. The molecule has 0 unspecified atom stereocenters. The number of hydrogen-bond donors (Lipinski definition) is 1. The van der Waals surface area contributed by atoms with Gasteiger partial charge < -0.3 is 5.32 Å². The topological polar surface area (TPSA) is 66.5 Å². The zero-order valence-electron chi connectivity index (χ0n) is 18.7. The average molecular weight is 469 g/mol. The highest BCUT2D eigenvalue weighted by molar-refractivity contribution is 7.99. The van der Waals surface area contributed by atoms with Gasteiger partial charge in [0.2, 0.25) is 15.9 Å². The van der Waals surface area contributed by atoms with Gasteiger partial charge in [-0.25, -0.2) is 8.42 Å². The molecule has 1 N–H and O–H groups in total. The van der Waals surface area contributed by atoms with Crippen molar-refractivity contribution >= 4 is 39.1 Å². The molecule has 32 heavy (non-hydrogen) atoms. The van der Waals surface area contributed by atoms with Gasteiger partial charge in [-0.1, -0.05) is 75.0 Å². The lowest BCUT2D eigenvalue weighted by molar-refractivity contribution is -0.114. The van der Waals surface area contributed by atoms with Crippen molar-refractivity contribution in [1.82, 2.24) is 0 Å². The summed E-state index contributed by atoms with van der Waals surface area (Å²) < 4.78 is 26.0. The molecule has 0 atom stereocenters. The Hall–Kier alpha value is -2.77. The number of rotatable bonds is 7. The summed E-state index contributed by atoms with van der Waals surface area (Å²) in [5.74, 6) is -0.406. The van der Waals surface area contributed by atoms with Crippen molar-refractivity contribution in [2.45, 2.75) is 36.0 Å². The van der Waals surface area contributed by atoms with Crippen molar-refractivity contribution in [2.24, 2.45) is 0 Å². The van der Waals surface area contributed by atoms with E-state index < -0.39 is 15.9 Å². The number of benzene rings is 3. The van der Waals surface area contributed by atoms with Crippen molar-refractivity contribution < 1.29 is 13.2 Å². The monoisotopic (exact) mass is 468 g/mol. The van der Waals surface area contributed by atoms with Gasteiger partial charge in [0.15, 0.2) is 0 Å². The van der Waals surface area contributed by atoms with Gasteiger partial charge in [-0.2, -0.15) is 0 Å². The number of nitrogens with zero attached hydrogens (tertiary/aromatic N) is 1. The third-order valence-electron chi connectivity index (χ3n) is 4.84. The molecule has 7 heteroatoms. The molecule has 3 rings (SSSR count). The van der Waals surface area contributed by atoms with Crippen LogP contribution in [-0.4, -0.2) is 27.1 Å². The van der Waals surface area contributed by atoms with E-state index in [9.17, 15) is 13.2 Å². The Morgan fingerprint density at radius 2 is 1.50 bits per heavy atom. The Bertz CT molecular complexity index is 1170. The van der Waals surface area contributed by atoms with Gasteiger partial charge in [0.25, 0.3) is 0 Å². The van der Waals surface area contributed by atoms with Gasteiger partial charge in [-0.3, -0.25) is 9.10 Å². The van der Waals surface area contributed by atoms with E-state index in [0.29, 0.717) is 11.4 Å². The zero-order valence-corrected chi connectivity index (χ0v) is 20.3. The summed E-state index contributed by atoms with van der Waals surface area (Å²) in [7, 11) is -3.65. The Labute approximate surface area is 194 Å². The van der Waals surface area contributed by atoms with Crippen molar-refractivity contribution in [2.75, 3.05) is 22.4 Å². The molecule has 0 saturated carbocycles. The summed E-state index contributed by atoms with van der Waals surface area (Å²) in [6, 6.07) is 24.6. The standard InChI is InChI=1S/C25H28N2O3S2/c1-25(2,3)19-14-16-20(17-15-19)27(32(4,29)30)18-24(28)26-22-12-8-9-13-23(22)31-21-10-6-5-7-11-21/h5-17H,18H2,1-4H3,(H,26,28). The Kier molecular flexibility index (Phi) is 7.31. The first-order valence-corrected chi connectivity index (χ1v) is 12.9. The van der Waals surface area contributed by atoms with Gasteiger partial charge in [0.1, 0.15) is 6.54 Å². The van der Waals surface area contributed by atoms with Gasteiger partial charge >= 0.3 is 0 Å². The maximum absolute atomic E-state index is 12.8. The van der Waals surface area contributed by atoms with Crippen LogP contribution in [0.5, 0.6) is 0 Å². The summed E-state index contributed by atoms with van der Waals surface area (Å²) in [4.78, 5) is 14.8. The van der Waals surface area contributed by atoms with Crippen molar-refractivity contribution in [3.63, 3.8) is 0 Å². The van der Waals surface area contributed by atoms with Crippen LogP contribution in [0, 0.1) is 0 Å². The van der Waals surface area contributed by atoms with Crippen molar-refractivity contribution in [1.29, 1.82) is 0 Å². The molecule has 0 spiro atoms. The fourth-order valence-electron chi connectivity index (χ4n) is 3.12. The average Bonchev–Trinajstić information content (AvgIpc) is 2.73. The first-order chi connectivity index (χ1) is 15.0. The Morgan fingerprint density at radius 3 is 2.09 bits per heavy atom. The predicted octanol–water partition coefficient (Wildman–Crippen LogP) is 5.54. The largest absolute Gasteiger partial charge is 0.323 e. The quantitative estimate of drug-likeness (QED) is 0.494. The molecule has 0 radical (unpaired) electrons. The third-order valence-corrected chi connectivity index (χ3v) is 7.07. The molecule has 3 aromatic rings. The van der Waals surface area contributed by atoms with Gasteiger partial charge in [-0.05, 0) is 47.4 Å². The van der Waals surface area contributed by atoms with Gasteiger partial charge in [0.05, 0.1) is 17.6 Å². The van der Waals surface area contributed by atoms with Crippen LogP contribution in [0.1, 0.15) is 26.3 Å². The van der Waals surface area contributed by atoms with Crippen molar-refractivity contribution in [3.05, 3.63) is 84.4 Å². The van der Waals surface area contributed by atoms with Gasteiger partial charge in [0, 0.05) is 9.79 Å². The van der Waals surface area contributed by atoms with Crippen molar-refractivity contribution in [3.8, 4) is 0 Å². The van der Waals surface area contributed by atoms with E-state index in [1.54, 1.807) is 12.1 Å². The number of anilines is 2. The second-order valence-electron chi connectivity index (χ2n) is 8.53. The van der Waals surface area contributed by atoms with E-state index in [1.807, 2.05) is 66.7 Å². The smallest absolute Gasteiger partial charge is 0.245 e. The van der Waals surface area contributed by atoms with E-state index in [0.717, 1.165) is 25.9 Å². The van der Waals surface area contributed by atoms with E-state index in [-0.39, 0.29) is 12.0 Å². The van der Waals surface area contributed by atoms with E-state index in [2.05, 4.69) is 26.1 Å². The molecule has 0 aliphatic rings. The molecule has 0 heterocycles. The number of carbonyl (C=O) groups is 1. The first-order valence-electron chi connectivity index (χ1n) is 10.2. The van der Waals surface area contributed by atoms with Crippen LogP contribution in [0.4, 0.5) is 11.4 Å². The molecule has 0 aliphatic carbocycles. The number of nitrogens with one attached hydrogen (secondary N) is 1. The highest BCUT2D eigenvalue weighted by Gasteiger charge is 2.22. The van der Waals surface area contributed by atoms with Crippen LogP contribution in [-0.2, 0) is 20.2 Å². The van der Waals surface area contributed by atoms with E-state index in [1.165, 1.54) is 11.8 Å². The molecule has 0 aliphatic heterocycles. The van der Waals surface area contributed by atoms with Crippen LogP contribution >= 0.6 is 11.8 Å². The zero-order chi connectivity index (χ0) is 23.4. The fourth-order valence-corrected chi connectivity index (χ4v) is 4.90. The number of para-hydroxylation sites is 1. The van der Waals surface area contributed by atoms with Crippen LogP contribution in [0.15, 0.2) is 88.7 Å². The number of sulfonamides is 1. The fraction of sp³-hybridized carbons (Fsp3) is 0.240. The minimum absolute atomic E-state index is 0.0496. The normalized spacial score (nSPS) is 11.8. The number of hydrogen-bond acceptors (Lipinski definition) is 4. The van der Waals surface area contributed by atoms with E-state index >= 15 is 0 Å². The third kappa shape index (κ3) is 6.37. The molecule has 0 saturated heterocycles. The second kappa shape index (κ2) is 9.79. The molecular formula is C25H28N2O3S2. The first kappa shape index (κ1) is 23.9. The lowest BCUT2D eigenvalue weighted by Gasteiger charge is -2.24. The van der Waals surface area contributed by atoms with Crippen LogP contribution in [0.2, 0.25) is 0 Å². The number of amides is 1. The molecule has 0 bridgehead atoms. The predicted molar refractivity (Wildman–Crippen MR) is 133 cm³/mol. The minimum Gasteiger partial charge on any atom is -0.323 e. The molecule has 5 nitrogen and oxygen atoms in total. The highest BCUT2D eigenvalue weighted by atomic mass is 32.2. The SMILES string of the molecule is CC(C)(C)c1ccc(N(CC(=O)Nc2ccccc2Sc2ccccc2)S(C)(=O)=O)cc1. The molecule has 3 aromatic carbocycles. The maximum Gasteiger partial charge on any atom is 0.245 e. The molecule has 168 valence electrons. The molecule has 1 amide bonds. The summed E-state index contributed by atoms with van der Waals surface area (Å²) in [6.45, 7) is 5.97. The molecule has 0 aromatic heterocycles. The van der Waals surface area contributed by atoms with E-state index in [4.69, 9.17) is 0 Å². The number of carbonyl (C=O) groups excluding carboxylic acids is 1. The maximum atomic E-state index is 12.8. The minimum atomic E-state index is -3.65. The molecular weight excluding hydrogens is 440 g/mol. The lowest BCUT2D eigenvalue weighted by atomic mass is 9.87. The second-order valence-corrected chi connectivity index (χ2v) is 11.5. The summed E-state index contributed by atoms with van der Waals surface area (Å²) >= 11 is 1.53. The van der Waals surface area contributed by atoms with Crippen LogP contribution < -0.4 is 9.62 Å². The lowest BCUT2D eigenvalue weighted by Crippen LogP contribution is -2.37. The summed E-state index contributed by atoms with van der Waals surface area (Å²) in [5, 5.41) is 2.87.